The van der Waals surface area contributed by atoms with Gasteiger partial charge in [0.1, 0.15) is 10.7 Å². The zero-order valence-corrected chi connectivity index (χ0v) is 16.5. The van der Waals surface area contributed by atoms with Crippen molar-refractivity contribution >= 4 is 34.0 Å². The van der Waals surface area contributed by atoms with Crippen molar-refractivity contribution in [2.45, 2.75) is 13.1 Å². The molecule has 1 amide bonds. The average molecular weight is 401 g/mol. The van der Waals surface area contributed by atoms with Gasteiger partial charge in [0.15, 0.2) is 0 Å². The molecule has 0 bridgehead atoms. The molecule has 4 aromatic rings. The van der Waals surface area contributed by atoms with Gasteiger partial charge in [0.25, 0.3) is 5.91 Å². The van der Waals surface area contributed by atoms with E-state index < -0.39 is 0 Å². The number of hydrogen-bond acceptors (Lipinski definition) is 3. The number of nitrogens with one attached hydrogen (secondary N) is 1. The molecular formula is C23H20N4OS. The molecule has 0 radical (unpaired) electrons. The SMILES string of the molecule is NC(=S)c1cccc(Cn2c(C(=O)NCc3ccncc3)cc3ccccc32)c1. The predicted octanol–water partition coefficient (Wildman–Crippen LogP) is 3.65. The highest BCUT2D eigenvalue weighted by Gasteiger charge is 2.16. The summed E-state index contributed by atoms with van der Waals surface area (Å²) >= 11 is 5.10. The molecule has 6 heteroatoms. The Bertz CT molecular complexity index is 1180. The maximum absolute atomic E-state index is 13.0. The standard InChI is InChI=1S/C23H20N4OS/c24-22(29)19-6-3-4-17(12-19)15-27-20-7-2-1-5-18(20)13-21(27)23(28)26-14-16-8-10-25-11-9-16/h1-13H,14-15H2,(H2,24,29)(H,26,28). The Labute approximate surface area is 174 Å². The summed E-state index contributed by atoms with van der Waals surface area (Å²) in [6.45, 7) is 0.988. The fourth-order valence-corrected chi connectivity index (χ4v) is 3.47. The molecule has 0 unspecified atom stereocenters. The van der Waals surface area contributed by atoms with Gasteiger partial charge in [-0.3, -0.25) is 9.78 Å². The smallest absolute Gasteiger partial charge is 0.268 e. The second-order valence-corrected chi connectivity index (χ2v) is 7.22. The molecule has 3 N–H and O–H groups in total. The summed E-state index contributed by atoms with van der Waals surface area (Å²) < 4.78 is 2.02. The molecule has 0 aliphatic rings. The zero-order valence-electron chi connectivity index (χ0n) is 15.7. The van der Waals surface area contributed by atoms with E-state index in [4.69, 9.17) is 18.0 Å². The van der Waals surface area contributed by atoms with Gasteiger partial charge in [0.05, 0.1) is 0 Å². The second-order valence-electron chi connectivity index (χ2n) is 6.78. The van der Waals surface area contributed by atoms with Crippen LogP contribution in [0.4, 0.5) is 0 Å². The molecule has 0 saturated heterocycles. The summed E-state index contributed by atoms with van der Waals surface area (Å²) in [7, 11) is 0. The number of hydrogen-bond donors (Lipinski definition) is 2. The minimum Gasteiger partial charge on any atom is -0.389 e. The number of nitrogens with zero attached hydrogens (tertiary/aromatic N) is 2. The van der Waals surface area contributed by atoms with Crippen molar-refractivity contribution < 1.29 is 4.79 Å². The number of nitrogens with two attached hydrogens (primary N) is 1. The van der Waals surface area contributed by atoms with Gasteiger partial charge in [0.2, 0.25) is 0 Å². The van der Waals surface area contributed by atoms with Gasteiger partial charge in [-0.1, -0.05) is 48.6 Å². The van der Waals surface area contributed by atoms with Crippen LogP contribution >= 0.6 is 12.2 Å². The topological polar surface area (TPSA) is 72.9 Å². The Morgan fingerprint density at radius 3 is 2.59 bits per heavy atom. The molecule has 0 atom stereocenters. The van der Waals surface area contributed by atoms with Crippen molar-refractivity contribution in [2.75, 3.05) is 0 Å². The van der Waals surface area contributed by atoms with E-state index in [9.17, 15) is 4.79 Å². The summed E-state index contributed by atoms with van der Waals surface area (Å²) in [5.74, 6) is -0.122. The first kappa shape index (κ1) is 18.8. The van der Waals surface area contributed by atoms with Crippen LogP contribution in [-0.4, -0.2) is 20.4 Å². The van der Waals surface area contributed by atoms with Crippen molar-refractivity contribution in [1.82, 2.24) is 14.9 Å². The third kappa shape index (κ3) is 4.17. The highest BCUT2D eigenvalue weighted by Crippen LogP contribution is 2.22. The van der Waals surface area contributed by atoms with Gasteiger partial charge in [-0.05, 0) is 41.5 Å². The molecule has 4 rings (SSSR count). The molecule has 0 fully saturated rings. The van der Waals surface area contributed by atoms with Gasteiger partial charge >= 0.3 is 0 Å². The fraction of sp³-hybridized carbons (Fsp3) is 0.0870. The summed E-state index contributed by atoms with van der Waals surface area (Å²) in [4.78, 5) is 17.4. The predicted molar refractivity (Wildman–Crippen MR) is 119 cm³/mol. The van der Waals surface area contributed by atoms with E-state index in [0.717, 1.165) is 27.6 Å². The molecule has 0 saturated carbocycles. The maximum atomic E-state index is 13.0. The lowest BCUT2D eigenvalue weighted by atomic mass is 10.1. The molecule has 144 valence electrons. The lowest BCUT2D eigenvalue weighted by molar-refractivity contribution is 0.0942. The Morgan fingerprint density at radius 2 is 1.79 bits per heavy atom. The van der Waals surface area contributed by atoms with Crippen molar-refractivity contribution in [3.8, 4) is 0 Å². The van der Waals surface area contributed by atoms with Crippen LogP contribution in [0.15, 0.2) is 79.1 Å². The fourth-order valence-electron chi connectivity index (χ4n) is 3.35. The molecule has 2 heterocycles. The number of aromatic nitrogens is 2. The van der Waals surface area contributed by atoms with Crippen molar-refractivity contribution in [2.24, 2.45) is 5.73 Å². The lowest BCUT2D eigenvalue weighted by Crippen LogP contribution is -2.25. The van der Waals surface area contributed by atoms with Crippen LogP contribution in [0, 0.1) is 0 Å². The summed E-state index contributed by atoms with van der Waals surface area (Å²) in [6.07, 6.45) is 3.43. The number of para-hydroxylation sites is 1. The molecule has 0 aliphatic carbocycles. The van der Waals surface area contributed by atoms with Crippen LogP contribution in [-0.2, 0) is 13.1 Å². The van der Waals surface area contributed by atoms with Gasteiger partial charge in [-0.2, -0.15) is 0 Å². The minimum absolute atomic E-state index is 0.122. The number of benzene rings is 2. The van der Waals surface area contributed by atoms with E-state index in [2.05, 4.69) is 10.3 Å². The quantitative estimate of drug-likeness (QED) is 0.485. The van der Waals surface area contributed by atoms with Crippen LogP contribution in [0.5, 0.6) is 0 Å². The van der Waals surface area contributed by atoms with E-state index >= 15 is 0 Å². The van der Waals surface area contributed by atoms with Crippen LogP contribution in [0.1, 0.15) is 27.2 Å². The average Bonchev–Trinajstić information content (AvgIpc) is 3.11. The van der Waals surface area contributed by atoms with E-state index in [1.165, 1.54) is 0 Å². The highest BCUT2D eigenvalue weighted by atomic mass is 32.1. The molecule has 0 aliphatic heterocycles. The number of pyridine rings is 1. The largest absolute Gasteiger partial charge is 0.389 e. The van der Waals surface area contributed by atoms with Gasteiger partial charge < -0.3 is 15.6 Å². The van der Waals surface area contributed by atoms with Crippen LogP contribution in [0.25, 0.3) is 10.9 Å². The number of amides is 1. The molecule has 0 spiro atoms. The summed E-state index contributed by atoms with van der Waals surface area (Å²) in [6, 6.07) is 21.5. The maximum Gasteiger partial charge on any atom is 0.268 e. The number of fused-ring (bicyclic) bond motifs is 1. The number of carbonyl (C=O) groups excluding carboxylic acids is 1. The Hall–Kier alpha value is -3.51. The number of carbonyl (C=O) groups is 1. The second kappa shape index (κ2) is 8.24. The van der Waals surface area contributed by atoms with Crippen molar-refractivity contribution in [3.63, 3.8) is 0 Å². The minimum atomic E-state index is -0.122. The molecule has 2 aromatic heterocycles. The van der Waals surface area contributed by atoms with Crippen molar-refractivity contribution in [1.29, 1.82) is 0 Å². The third-order valence-corrected chi connectivity index (χ3v) is 5.03. The normalized spacial score (nSPS) is 10.8. The van der Waals surface area contributed by atoms with Crippen molar-refractivity contribution in [3.05, 3.63) is 102 Å². The third-order valence-electron chi connectivity index (χ3n) is 4.80. The molecule has 2 aromatic carbocycles. The van der Waals surface area contributed by atoms with Crippen LogP contribution in [0.2, 0.25) is 0 Å². The van der Waals surface area contributed by atoms with Crippen LogP contribution < -0.4 is 11.1 Å². The number of thiocarbonyl (C=S) groups is 1. The van der Waals surface area contributed by atoms with Gasteiger partial charge in [0, 0.05) is 41.9 Å². The summed E-state index contributed by atoms with van der Waals surface area (Å²) in [5.41, 5.74) is 10.2. The van der Waals surface area contributed by atoms with E-state index in [1.807, 2.05) is 71.3 Å². The molecule has 29 heavy (non-hydrogen) atoms. The van der Waals surface area contributed by atoms with Gasteiger partial charge in [-0.15, -0.1) is 0 Å². The van der Waals surface area contributed by atoms with E-state index in [0.29, 0.717) is 23.8 Å². The molecule has 5 nitrogen and oxygen atoms in total. The lowest BCUT2D eigenvalue weighted by Gasteiger charge is -2.12. The molecular weight excluding hydrogens is 380 g/mol. The Kier molecular flexibility index (Phi) is 5.35. The monoisotopic (exact) mass is 400 g/mol. The Balaban J connectivity index is 1.66. The van der Waals surface area contributed by atoms with Crippen LogP contribution in [0.3, 0.4) is 0 Å². The van der Waals surface area contributed by atoms with E-state index in [1.54, 1.807) is 12.4 Å². The Morgan fingerprint density at radius 1 is 1.00 bits per heavy atom. The number of rotatable bonds is 6. The first-order valence-electron chi connectivity index (χ1n) is 9.26. The van der Waals surface area contributed by atoms with Gasteiger partial charge in [-0.25, -0.2) is 0 Å². The zero-order chi connectivity index (χ0) is 20.2. The van der Waals surface area contributed by atoms with E-state index in [-0.39, 0.29) is 5.91 Å². The highest BCUT2D eigenvalue weighted by molar-refractivity contribution is 7.80. The summed E-state index contributed by atoms with van der Waals surface area (Å²) in [5, 5.41) is 4.02. The first-order valence-corrected chi connectivity index (χ1v) is 9.67. The first-order chi connectivity index (χ1) is 14.1.